The summed E-state index contributed by atoms with van der Waals surface area (Å²) in [6, 6.07) is 7.34. The molecule has 0 aliphatic rings. The molecule has 0 aliphatic heterocycles. The minimum atomic E-state index is -0.929. The van der Waals surface area contributed by atoms with Crippen LogP contribution in [0, 0.1) is 20.2 Å². The number of anilines is 1. The number of carbonyl (C=O) groups excluding carboxylic acids is 2. The fourth-order valence-electron chi connectivity index (χ4n) is 2.68. The van der Waals surface area contributed by atoms with Gasteiger partial charge in [-0.3, -0.25) is 35.1 Å². The molecule has 2 aromatic carbocycles. The Bertz CT molecular complexity index is 1340. The summed E-state index contributed by atoms with van der Waals surface area (Å²) in [5.41, 5.74) is 0.864. The molecule has 0 spiro atoms. The van der Waals surface area contributed by atoms with Gasteiger partial charge >= 0.3 is 0 Å². The third-order valence-electron chi connectivity index (χ3n) is 4.28. The van der Waals surface area contributed by atoms with Crippen molar-refractivity contribution in [3.05, 3.63) is 72.8 Å². The molecular formula is C19H15N7O8S. The lowest BCUT2D eigenvalue weighted by atomic mass is 10.1. The number of para-hydroxylation sites is 1. The topological polar surface area (TPSA) is 212 Å². The lowest BCUT2D eigenvalue weighted by Gasteiger charge is -2.04. The van der Waals surface area contributed by atoms with E-state index < -0.39 is 38.6 Å². The first-order chi connectivity index (χ1) is 16.7. The molecule has 1 aromatic heterocycles. The van der Waals surface area contributed by atoms with Gasteiger partial charge in [0.15, 0.2) is 11.5 Å². The molecule has 0 aliphatic carbocycles. The van der Waals surface area contributed by atoms with E-state index in [-0.39, 0.29) is 28.1 Å². The number of phenolic OH excluding ortho intramolecular Hbond substituents is 1. The van der Waals surface area contributed by atoms with Crippen molar-refractivity contribution in [2.45, 2.75) is 6.42 Å². The third-order valence-corrected chi connectivity index (χ3v) is 5.11. The van der Waals surface area contributed by atoms with Gasteiger partial charge in [0.05, 0.1) is 35.7 Å². The molecular weight excluding hydrogens is 486 g/mol. The molecule has 3 rings (SSSR count). The van der Waals surface area contributed by atoms with Crippen molar-refractivity contribution in [2.75, 3.05) is 12.4 Å². The van der Waals surface area contributed by atoms with E-state index in [1.54, 1.807) is 18.2 Å². The van der Waals surface area contributed by atoms with E-state index in [4.69, 9.17) is 4.74 Å². The number of hydrogen-bond donors (Lipinski definition) is 3. The highest BCUT2D eigenvalue weighted by Crippen LogP contribution is 2.28. The lowest BCUT2D eigenvalue weighted by molar-refractivity contribution is -0.394. The average Bonchev–Trinajstić information content (AvgIpc) is 3.25. The van der Waals surface area contributed by atoms with Crippen molar-refractivity contribution in [2.24, 2.45) is 5.10 Å². The maximum absolute atomic E-state index is 12.4. The molecule has 180 valence electrons. The summed E-state index contributed by atoms with van der Waals surface area (Å²) >= 11 is 0.842. The zero-order valence-corrected chi connectivity index (χ0v) is 18.5. The molecule has 16 heteroatoms. The number of benzene rings is 2. The van der Waals surface area contributed by atoms with Crippen molar-refractivity contribution < 1.29 is 29.3 Å². The van der Waals surface area contributed by atoms with Crippen molar-refractivity contribution in [1.29, 1.82) is 0 Å². The number of hydrazone groups is 1. The summed E-state index contributed by atoms with van der Waals surface area (Å²) in [5, 5.41) is 45.7. The number of nitro benzene ring substituents is 2. The number of nitro groups is 2. The van der Waals surface area contributed by atoms with Gasteiger partial charge in [-0.05, 0) is 18.2 Å². The average molecular weight is 501 g/mol. The van der Waals surface area contributed by atoms with Crippen molar-refractivity contribution in [3.8, 4) is 11.5 Å². The van der Waals surface area contributed by atoms with Crippen molar-refractivity contribution in [3.63, 3.8) is 0 Å². The predicted molar refractivity (Wildman–Crippen MR) is 122 cm³/mol. The molecule has 0 radical (unpaired) electrons. The molecule has 1 heterocycles. The van der Waals surface area contributed by atoms with Gasteiger partial charge in [0.1, 0.15) is 10.6 Å². The summed E-state index contributed by atoms with van der Waals surface area (Å²) in [5.74, 6) is -1.40. The monoisotopic (exact) mass is 501 g/mol. The van der Waals surface area contributed by atoms with Gasteiger partial charge in [-0.25, -0.2) is 5.43 Å². The van der Waals surface area contributed by atoms with E-state index in [2.05, 4.69) is 26.0 Å². The predicted octanol–water partition coefficient (Wildman–Crippen LogP) is 2.01. The third kappa shape index (κ3) is 6.08. The van der Waals surface area contributed by atoms with Gasteiger partial charge in [-0.2, -0.15) is 5.10 Å². The number of phenols is 1. The number of ether oxygens (including phenoxy) is 1. The van der Waals surface area contributed by atoms with Gasteiger partial charge in [0.2, 0.25) is 11.0 Å². The van der Waals surface area contributed by atoms with E-state index in [0.717, 1.165) is 23.5 Å². The first-order valence-corrected chi connectivity index (χ1v) is 10.3. The second-order valence-electron chi connectivity index (χ2n) is 6.54. The van der Waals surface area contributed by atoms with Crippen LogP contribution < -0.4 is 15.5 Å². The smallest absolute Gasteiger partial charge is 0.289 e. The van der Waals surface area contributed by atoms with Gasteiger partial charge in [-0.1, -0.05) is 17.4 Å². The van der Waals surface area contributed by atoms with Crippen molar-refractivity contribution in [1.82, 2.24) is 15.6 Å². The zero-order chi connectivity index (χ0) is 25.5. The van der Waals surface area contributed by atoms with E-state index >= 15 is 0 Å². The van der Waals surface area contributed by atoms with Crippen molar-refractivity contribution >= 4 is 45.9 Å². The Labute approximate surface area is 199 Å². The largest absolute Gasteiger partial charge is 0.504 e. The van der Waals surface area contributed by atoms with E-state index in [1.165, 1.54) is 13.3 Å². The Morgan fingerprint density at radius 3 is 2.66 bits per heavy atom. The second-order valence-corrected chi connectivity index (χ2v) is 7.60. The highest BCUT2D eigenvalue weighted by molar-refractivity contribution is 7.15. The molecule has 0 atom stereocenters. The fourth-order valence-corrected chi connectivity index (χ4v) is 3.41. The number of aromatic hydroxyl groups is 1. The number of methoxy groups -OCH3 is 1. The van der Waals surface area contributed by atoms with Gasteiger partial charge in [0, 0.05) is 11.6 Å². The molecule has 0 fully saturated rings. The number of nitrogens with one attached hydrogen (secondary N) is 2. The Morgan fingerprint density at radius 2 is 1.97 bits per heavy atom. The molecule has 0 saturated carbocycles. The summed E-state index contributed by atoms with van der Waals surface area (Å²) in [6.07, 6.45) is 0.977. The molecule has 2 amide bonds. The lowest BCUT2D eigenvalue weighted by Crippen LogP contribution is -2.19. The Kier molecular flexibility index (Phi) is 7.57. The van der Waals surface area contributed by atoms with Crippen LogP contribution >= 0.6 is 11.3 Å². The normalized spacial score (nSPS) is 10.7. The van der Waals surface area contributed by atoms with E-state index in [0.29, 0.717) is 11.6 Å². The number of aromatic nitrogens is 2. The molecule has 0 bridgehead atoms. The van der Waals surface area contributed by atoms with Crippen LogP contribution in [-0.4, -0.2) is 50.3 Å². The molecule has 3 aromatic rings. The van der Waals surface area contributed by atoms with Crippen LogP contribution in [-0.2, 0) is 11.2 Å². The maximum Gasteiger partial charge on any atom is 0.289 e. The first kappa shape index (κ1) is 24.6. The highest BCUT2D eigenvalue weighted by Gasteiger charge is 2.25. The highest BCUT2D eigenvalue weighted by atomic mass is 32.1. The minimum Gasteiger partial charge on any atom is -0.504 e. The Morgan fingerprint density at radius 1 is 1.20 bits per heavy atom. The summed E-state index contributed by atoms with van der Waals surface area (Å²) < 4.78 is 4.98. The fraction of sp³-hybridized carbons (Fsp3) is 0.105. The summed E-state index contributed by atoms with van der Waals surface area (Å²) in [7, 11) is 1.39. The molecule has 3 N–H and O–H groups in total. The number of rotatable bonds is 9. The Hall–Kier alpha value is -4.99. The minimum absolute atomic E-state index is 0.0461. The van der Waals surface area contributed by atoms with Crippen LogP contribution in [0.4, 0.5) is 16.5 Å². The number of carbonyl (C=O) groups is 2. The Balaban J connectivity index is 1.62. The van der Waals surface area contributed by atoms with Gasteiger partial charge in [0.25, 0.3) is 17.3 Å². The number of amides is 2. The number of non-ortho nitro benzene ring substituents is 1. The number of nitrogens with zero attached hydrogens (tertiary/aromatic N) is 5. The van der Waals surface area contributed by atoms with Crippen LogP contribution in [0.3, 0.4) is 0 Å². The molecule has 0 saturated heterocycles. The summed E-state index contributed by atoms with van der Waals surface area (Å²) in [6.45, 7) is 0. The summed E-state index contributed by atoms with van der Waals surface area (Å²) in [4.78, 5) is 44.8. The second kappa shape index (κ2) is 10.8. The van der Waals surface area contributed by atoms with Crippen LogP contribution in [0.2, 0.25) is 0 Å². The van der Waals surface area contributed by atoms with E-state index in [1.807, 2.05) is 0 Å². The van der Waals surface area contributed by atoms with Crippen LogP contribution in [0.25, 0.3) is 0 Å². The van der Waals surface area contributed by atoms with Crippen LogP contribution in [0.5, 0.6) is 11.5 Å². The zero-order valence-electron chi connectivity index (χ0n) is 17.7. The molecule has 35 heavy (non-hydrogen) atoms. The SMILES string of the molecule is COc1cccc(/C=N\NC(=O)Cc2nnc(NC(=O)c3ccc([N+](=O)[O-])cc3[N+](=O)[O-])s2)c1O. The molecule has 15 nitrogen and oxygen atoms in total. The molecule has 0 unspecified atom stereocenters. The maximum atomic E-state index is 12.4. The van der Waals surface area contributed by atoms with Crippen LogP contribution in [0.15, 0.2) is 41.5 Å². The van der Waals surface area contributed by atoms with Gasteiger partial charge < -0.3 is 9.84 Å². The van der Waals surface area contributed by atoms with E-state index in [9.17, 15) is 34.9 Å². The first-order valence-electron chi connectivity index (χ1n) is 9.44. The number of hydrogen-bond acceptors (Lipinski definition) is 12. The standard InChI is InChI=1S/C19H15N7O8S/c1-34-14-4-2-3-10(17(14)28)9-20-22-15(27)8-16-23-24-19(35-16)21-18(29)12-6-5-11(25(30)31)7-13(12)26(32)33/h2-7,9,28H,8H2,1H3,(H,22,27)(H,21,24,29)/b20-9-. The van der Waals surface area contributed by atoms with Crippen LogP contribution in [0.1, 0.15) is 20.9 Å². The quantitative estimate of drug-likeness (QED) is 0.220. The van der Waals surface area contributed by atoms with Gasteiger partial charge in [-0.15, -0.1) is 10.2 Å².